The summed E-state index contributed by atoms with van der Waals surface area (Å²) in [6, 6.07) is 14.9. The molecule has 0 radical (unpaired) electrons. The van der Waals surface area contributed by atoms with Crippen molar-refractivity contribution in [1.29, 1.82) is 0 Å². The van der Waals surface area contributed by atoms with E-state index in [9.17, 15) is 22.8 Å². The van der Waals surface area contributed by atoms with Crippen LogP contribution < -0.4 is 21.0 Å². The minimum absolute atomic E-state index is 0.00682. The smallest absolute Gasteiger partial charge is 0.339 e. The largest absolute Gasteiger partial charge is 0.377 e. The quantitative estimate of drug-likeness (QED) is 0.401. The second kappa shape index (κ2) is 8.45. The number of hydrogen-bond donors (Lipinski definition) is 0. The molecule has 0 amide bonds. The summed E-state index contributed by atoms with van der Waals surface area (Å²) in [5.74, 6) is -0.376. The molecule has 34 heavy (non-hydrogen) atoms. The van der Waals surface area contributed by atoms with Crippen LogP contribution in [-0.4, -0.2) is 22.1 Å². The summed E-state index contributed by atoms with van der Waals surface area (Å²) in [5, 5.41) is -0.173. The molecule has 4 aromatic rings. The molecule has 4 rings (SSSR count). The molecule has 0 bridgehead atoms. The zero-order chi connectivity index (χ0) is 24.8. The molecule has 0 N–H and O–H groups in total. The molecule has 0 aliphatic heterocycles. The normalized spacial score (nSPS) is 11.6. The number of nitrogens with zero attached hydrogens (tertiary/aromatic N) is 3. The van der Waals surface area contributed by atoms with E-state index in [1.807, 2.05) is 13.0 Å². The average molecular weight is 482 g/mol. The third-order valence-electron chi connectivity index (χ3n) is 5.74. The Kier molecular flexibility index (Phi) is 5.78. The van der Waals surface area contributed by atoms with Gasteiger partial charge in [-0.15, -0.1) is 0 Å². The van der Waals surface area contributed by atoms with Gasteiger partial charge in [-0.05, 0) is 24.6 Å². The monoisotopic (exact) mass is 481 g/mol. The number of hydrogen-bond acceptors (Lipinski definition) is 6. The molecule has 0 fully saturated rings. The Morgan fingerprint density at radius 1 is 0.794 bits per heavy atom. The van der Waals surface area contributed by atoms with Gasteiger partial charge in [-0.3, -0.25) is 23.3 Å². The van der Waals surface area contributed by atoms with E-state index in [0.717, 1.165) is 20.3 Å². The third-order valence-corrected chi connectivity index (χ3v) is 6.98. The number of rotatable bonds is 5. The molecule has 0 unspecified atom stereocenters. The van der Waals surface area contributed by atoms with Gasteiger partial charge in [0.2, 0.25) is 0 Å². The lowest BCUT2D eigenvalue weighted by molar-refractivity contribution is 0.483. The summed E-state index contributed by atoms with van der Waals surface area (Å²) in [5.41, 5.74) is -0.470. The second-order valence-corrected chi connectivity index (χ2v) is 9.64. The van der Waals surface area contributed by atoms with Crippen LogP contribution in [-0.2, 0) is 37.7 Å². The summed E-state index contributed by atoms with van der Waals surface area (Å²) >= 11 is 0. The maximum atomic E-state index is 13.4. The Labute approximate surface area is 195 Å². The Balaban J connectivity index is 2.10. The van der Waals surface area contributed by atoms with Crippen molar-refractivity contribution in [2.24, 2.45) is 21.1 Å². The van der Waals surface area contributed by atoms with Crippen LogP contribution in [0.15, 0.2) is 73.9 Å². The van der Waals surface area contributed by atoms with Gasteiger partial charge < -0.3 is 4.18 Å². The Hall–Kier alpha value is -3.92. The van der Waals surface area contributed by atoms with E-state index in [0.29, 0.717) is 0 Å². The lowest BCUT2D eigenvalue weighted by Crippen LogP contribution is -2.40. The maximum Gasteiger partial charge on any atom is 0.339 e. The molecule has 2 aromatic heterocycles. The fraction of sp³-hybridized carbons (Fsp3) is 0.208. The van der Waals surface area contributed by atoms with Gasteiger partial charge in [0.1, 0.15) is 15.9 Å². The van der Waals surface area contributed by atoms with Crippen LogP contribution in [0.5, 0.6) is 5.75 Å². The number of aromatic nitrogens is 3. The second-order valence-electron chi connectivity index (χ2n) is 8.09. The van der Waals surface area contributed by atoms with E-state index >= 15 is 0 Å². The lowest BCUT2D eigenvalue weighted by Gasteiger charge is -2.18. The van der Waals surface area contributed by atoms with E-state index in [1.54, 1.807) is 36.4 Å². The van der Waals surface area contributed by atoms with Gasteiger partial charge in [0.25, 0.3) is 11.1 Å². The molecule has 2 heterocycles. The minimum Gasteiger partial charge on any atom is -0.377 e. The third kappa shape index (κ3) is 3.86. The van der Waals surface area contributed by atoms with Crippen LogP contribution in [0.4, 0.5) is 0 Å². The fourth-order valence-corrected chi connectivity index (χ4v) is 4.85. The molecule has 0 spiro atoms. The molecule has 0 aliphatic carbocycles. The van der Waals surface area contributed by atoms with Gasteiger partial charge in [-0.25, -0.2) is 4.79 Å². The molecule has 0 saturated carbocycles. The minimum atomic E-state index is -4.40. The average Bonchev–Trinajstić information content (AvgIpc) is 2.81. The molecule has 10 heteroatoms. The van der Waals surface area contributed by atoms with Crippen LogP contribution in [0.2, 0.25) is 0 Å². The van der Waals surface area contributed by atoms with Crippen molar-refractivity contribution in [1.82, 2.24) is 13.7 Å². The predicted molar refractivity (Wildman–Crippen MR) is 128 cm³/mol. The molecular formula is C24H23N3O6S. The molecule has 2 aromatic carbocycles. The Bertz CT molecular complexity index is 1700. The van der Waals surface area contributed by atoms with E-state index < -0.39 is 26.9 Å². The van der Waals surface area contributed by atoms with Gasteiger partial charge in [-0.2, -0.15) is 8.42 Å². The molecule has 0 saturated heterocycles. The number of aryl methyl sites for hydroxylation is 3. The SMILES string of the molecule is Cc1ccc(S(=O)(=O)Oc2c(Cc3ccccc3)c(=O)n(C)c3c2c(=O)n(C)c(=O)n3C)cc1. The standard InChI is InChI=1S/C24H23N3O6S/c1-15-10-12-17(13-11-15)34(31,32)33-20-18(14-16-8-6-5-7-9-16)22(28)25(2)21-19(20)23(29)27(4)24(30)26(21)3/h5-13H,14H2,1-4H3. The number of pyridine rings is 1. The van der Waals surface area contributed by atoms with Gasteiger partial charge in [-0.1, -0.05) is 48.0 Å². The first-order valence-corrected chi connectivity index (χ1v) is 11.8. The van der Waals surface area contributed by atoms with Crippen molar-refractivity contribution < 1.29 is 12.6 Å². The number of fused-ring (bicyclic) bond motifs is 1. The first kappa shape index (κ1) is 23.2. The van der Waals surface area contributed by atoms with Crippen LogP contribution >= 0.6 is 0 Å². The summed E-state index contributed by atoms with van der Waals surface area (Å²) < 4.78 is 35.1. The zero-order valence-corrected chi connectivity index (χ0v) is 19.9. The molecular weight excluding hydrogens is 458 g/mol. The van der Waals surface area contributed by atoms with E-state index in [2.05, 4.69) is 0 Å². The van der Waals surface area contributed by atoms with Crippen LogP contribution in [0.3, 0.4) is 0 Å². The Morgan fingerprint density at radius 2 is 1.41 bits per heavy atom. The van der Waals surface area contributed by atoms with Crippen molar-refractivity contribution in [2.75, 3.05) is 0 Å². The first-order chi connectivity index (χ1) is 16.0. The van der Waals surface area contributed by atoms with E-state index in [1.165, 1.54) is 37.8 Å². The van der Waals surface area contributed by atoms with Gasteiger partial charge in [0.05, 0.1) is 5.56 Å². The predicted octanol–water partition coefficient (Wildman–Crippen LogP) is 1.60. The summed E-state index contributed by atoms with van der Waals surface area (Å²) in [7, 11) is -0.292. The van der Waals surface area contributed by atoms with Gasteiger partial charge in [0, 0.05) is 27.6 Å². The van der Waals surface area contributed by atoms with Crippen LogP contribution in [0.25, 0.3) is 11.0 Å². The number of benzene rings is 2. The molecule has 0 atom stereocenters. The van der Waals surface area contributed by atoms with Gasteiger partial charge in [0.15, 0.2) is 5.75 Å². The fourth-order valence-electron chi connectivity index (χ4n) is 3.88. The van der Waals surface area contributed by atoms with E-state index in [-0.39, 0.29) is 33.7 Å². The lowest BCUT2D eigenvalue weighted by atomic mass is 10.0. The summed E-state index contributed by atoms with van der Waals surface area (Å²) in [4.78, 5) is 39.0. The van der Waals surface area contributed by atoms with Crippen molar-refractivity contribution in [3.63, 3.8) is 0 Å². The van der Waals surface area contributed by atoms with Crippen molar-refractivity contribution in [3.05, 3.63) is 102 Å². The molecule has 176 valence electrons. The highest BCUT2D eigenvalue weighted by Gasteiger charge is 2.27. The first-order valence-electron chi connectivity index (χ1n) is 10.4. The highest BCUT2D eigenvalue weighted by molar-refractivity contribution is 7.87. The highest BCUT2D eigenvalue weighted by Crippen LogP contribution is 2.29. The van der Waals surface area contributed by atoms with Crippen molar-refractivity contribution >= 4 is 21.2 Å². The summed E-state index contributed by atoms with van der Waals surface area (Å²) in [6.07, 6.45) is 0.0220. The topological polar surface area (TPSA) is 109 Å². The Morgan fingerprint density at radius 3 is 2.03 bits per heavy atom. The van der Waals surface area contributed by atoms with E-state index in [4.69, 9.17) is 4.18 Å². The molecule has 0 aliphatic rings. The maximum absolute atomic E-state index is 13.4. The highest BCUT2D eigenvalue weighted by atomic mass is 32.2. The van der Waals surface area contributed by atoms with Crippen molar-refractivity contribution in [2.45, 2.75) is 18.2 Å². The van der Waals surface area contributed by atoms with Crippen LogP contribution in [0, 0.1) is 6.92 Å². The van der Waals surface area contributed by atoms with Crippen molar-refractivity contribution in [3.8, 4) is 5.75 Å². The summed E-state index contributed by atoms with van der Waals surface area (Å²) in [6.45, 7) is 1.81. The van der Waals surface area contributed by atoms with Crippen LogP contribution in [0.1, 0.15) is 16.7 Å². The zero-order valence-electron chi connectivity index (χ0n) is 19.1. The van der Waals surface area contributed by atoms with Gasteiger partial charge >= 0.3 is 15.8 Å². The molecule has 9 nitrogen and oxygen atoms in total.